The number of aryl methyl sites for hydroxylation is 1. The van der Waals surface area contributed by atoms with Crippen LogP contribution in [0.25, 0.3) is 22.4 Å². The molecule has 0 spiro atoms. The predicted molar refractivity (Wildman–Crippen MR) is 89.3 cm³/mol. The first-order valence-electron chi connectivity index (χ1n) is 7.46. The van der Waals surface area contributed by atoms with E-state index < -0.39 is 0 Å². The van der Waals surface area contributed by atoms with Crippen LogP contribution in [0.4, 0.5) is 5.69 Å². The maximum atomic E-state index is 5.78. The molecule has 108 valence electrons. The third-order valence-corrected chi connectivity index (χ3v) is 3.92. The maximum absolute atomic E-state index is 5.78. The lowest BCUT2D eigenvalue weighted by Gasteiger charge is -2.07. The van der Waals surface area contributed by atoms with Crippen molar-refractivity contribution >= 4 is 16.7 Å². The zero-order chi connectivity index (χ0) is 15.0. The Hall–Kier alpha value is -2.29. The Morgan fingerprint density at radius 2 is 1.81 bits per heavy atom. The fourth-order valence-electron chi connectivity index (χ4n) is 2.68. The summed E-state index contributed by atoms with van der Waals surface area (Å²) >= 11 is 0. The van der Waals surface area contributed by atoms with E-state index in [1.165, 1.54) is 11.1 Å². The standard InChI is InChI=1S/C18H21N3/c1-4-21-17-10-7-14(12(2)3)11-16(17)20-18(21)13-5-8-15(19)9-6-13/h5-12H,4,19H2,1-3H3. The summed E-state index contributed by atoms with van der Waals surface area (Å²) in [5.74, 6) is 1.52. The topological polar surface area (TPSA) is 43.8 Å². The van der Waals surface area contributed by atoms with Crippen molar-refractivity contribution in [2.45, 2.75) is 33.2 Å². The molecular weight excluding hydrogens is 258 g/mol. The van der Waals surface area contributed by atoms with Gasteiger partial charge >= 0.3 is 0 Å². The van der Waals surface area contributed by atoms with E-state index in [0.717, 1.165) is 29.1 Å². The first-order chi connectivity index (χ1) is 10.1. The number of nitrogens with zero attached hydrogens (tertiary/aromatic N) is 2. The van der Waals surface area contributed by atoms with Crippen LogP contribution in [0.1, 0.15) is 32.3 Å². The Bertz CT molecular complexity index is 767. The predicted octanol–water partition coefficient (Wildman–Crippen LogP) is 4.43. The van der Waals surface area contributed by atoms with E-state index >= 15 is 0 Å². The van der Waals surface area contributed by atoms with E-state index in [-0.39, 0.29) is 0 Å². The van der Waals surface area contributed by atoms with Crippen LogP contribution in [0, 0.1) is 0 Å². The van der Waals surface area contributed by atoms with Crippen LogP contribution in [0.2, 0.25) is 0 Å². The molecule has 1 aromatic heterocycles. The fraction of sp³-hybridized carbons (Fsp3) is 0.278. The van der Waals surface area contributed by atoms with E-state index in [4.69, 9.17) is 10.7 Å². The van der Waals surface area contributed by atoms with Crippen LogP contribution >= 0.6 is 0 Å². The van der Waals surface area contributed by atoms with Gasteiger partial charge in [-0.15, -0.1) is 0 Å². The van der Waals surface area contributed by atoms with Gasteiger partial charge in [0.2, 0.25) is 0 Å². The van der Waals surface area contributed by atoms with Crippen molar-refractivity contribution < 1.29 is 0 Å². The number of benzene rings is 2. The maximum Gasteiger partial charge on any atom is 0.141 e. The minimum atomic E-state index is 0.515. The van der Waals surface area contributed by atoms with Crippen LogP contribution in [0.5, 0.6) is 0 Å². The first kappa shape index (κ1) is 13.7. The van der Waals surface area contributed by atoms with Crippen LogP contribution in [0.3, 0.4) is 0 Å². The summed E-state index contributed by atoms with van der Waals surface area (Å²) in [5, 5.41) is 0. The van der Waals surface area contributed by atoms with Gasteiger partial charge in [0.1, 0.15) is 5.82 Å². The summed E-state index contributed by atoms with van der Waals surface area (Å²) in [6, 6.07) is 14.5. The van der Waals surface area contributed by atoms with Gasteiger partial charge in [0.15, 0.2) is 0 Å². The molecule has 3 heteroatoms. The Morgan fingerprint density at radius 3 is 2.43 bits per heavy atom. The molecule has 0 saturated heterocycles. The van der Waals surface area contributed by atoms with Gasteiger partial charge in [0.25, 0.3) is 0 Å². The van der Waals surface area contributed by atoms with Gasteiger partial charge < -0.3 is 10.3 Å². The number of fused-ring (bicyclic) bond motifs is 1. The number of rotatable bonds is 3. The van der Waals surface area contributed by atoms with Crippen molar-refractivity contribution in [1.29, 1.82) is 0 Å². The Kier molecular flexibility index (Phi) is 3.42. The van der Waals surface area contributed by atoms with Crippen LogP contribution in [-0.4, -0.2) is 9.55 Å². The number of hydrogen-bond acceptors (Lipinski definition) is 2. The van der Waals surface area contributed by atoms with Gasteiger partial charge in [-0.25, -0.2) is 4.98 Å². The molecule has 0 fully saturated rings. The summed E-state index contributed by atoms with van der Waals surface area (Å²) in [7, 11) is 0. The zero-order valence-electron chi connectivity index (χ0n) is 12.8. The van der Waals surface area contributed by atoms with Crippen LogP contribution < -0.4 is 5.73 Å². The Labute approximate surface area is 125 Å². The third kappa shape index (κ3) is 2.40. The van der Waals surface area contributed by atoms with Crippen molar-refractivity contribution in [3.05, 3.63) is 48.0 Å². The van der Waals surface area contributed by atoms with E-state index in [0.29, 0.717) is 5.92 Å². The number of anilines is 1. The van der Waals surface area contributed by atoms with E-state index in [9.17, 15) is 0 Å². The monoisotopic (exact) mass is 279 g/mol. The summed E-state index contributed by atoms with van der Waals surface area (Å²) in [6.45, 7) is 7.47. The highest BCUT2D eigenvalue weighted by molar-refractivity contribution is 5.81. The molecule has 2 N–H and O–H groups in total. The largest absolute Gasteiger partial charge is 0.399 e. The second kappa shape index (κ2) is 5.24. The number of nitrogen functional groups attached to an aromatic ring is 1. The van der Waals surface area contributed by atoms with E-state index in [1.54, 1.807) is 0 Å². The second-order valence-electron chi connectivity index (χ2n) is 5.70. The number of hydrogen-bond donors (Lipinski definition) is 1. The minimum Gasteiger partial charge on any atom is -0.399 e. The molecule has 21 heavy (non-hydrogen) atoms. The van der Waals surface area contributed by atoms with Crippen molar-refractivity contribution in [2.24, 2.45) is 0 Å². The van der Waals surface area contributed by atoms with Gasteiger partial charge in [-0.1, -0.05) is 19.9 Å². The summed E-state index contributed by atoms with van der Waals surface area (Å²) < 4.78 is 2.25. The number of aromatic nitrogens is 2. The van der Waals surface area contributed by atoms with Crippen molar-refractivity contribution in [2.75, 3.05) is 5.73 Å². The zero-order valence-corrected chi connectivity index (χ0v) is 12.8. The Morgan fingerprint density at radius 1 is 1.10 bits per heavy atom. The van der Waals surface area contributed by atoms with Crippen molar-refractivity contribution in [1.82, 2.24) is 9.55 Å². The smallest absolute Gasteiger partial charge is 0.141 e. The molecular formula is C18H21N3. The molecule has 0 saturated carbocycles. The van der Waals surface area contributed by atoms with Crippen LogP contribution in [-0.2, 0) is 6.54 Å². The quantitative estimate of drug-likeness (QED) is 0.721. The van der Waals surface area contributed by atoms with E-state index in [1.807, 2.05) is 24.3 Å². The highest BCUT2D eigenvalue weighted by Gasteiger charge is 2.12. The summed E-state index contributed by atoms with van der Waals surface area (Å²) in [6.07, 6.45) is 0. The molecule has 0 amide bonds. The van der Waals surface area contributed by atoms with Gasteiger partial charge in [-0.2, -0.15) is 0 Å². The molecule has 0 atom stereocenters. The van der Waals surface area contributed by atoms with E-state index in [2.05, 4.69) is 43.5 Å². The second-order valence-corrected chi connectivity index (χ2v) is 5.70. The summed E-state index contributed by atoms with van der Waals surface area (Å²) in [4.78, 5) is 4.85. The van der Waals surface area contributed by atoms with Gasteiger partial charge in [-0.05, 0) is 54.8 Å². The molecule has 3 aromatic rings. The average molecular weight is 279 g/mol. The molecule has 0 bridgehead atoms. The molecule has 3 rings (SSSR count). The highest BCUT2D eigenvalue weighted by Crippen LogP contribution is 2.27. The van der Waals surface area contributed by atoms with Gasteiger partial charge in [-0.3, -0.25) is 0 Å². The van der Waals surface area contributed by atoms with Crippen LogP contribution in [0.15, 0.2) is 42.5 Å². The summed E-state index contributed by atoms with van der Waals surface area (Å²) in [5.41, 5.74) is 11.2. The third-order valence-electron chi connectivity index (χ3n) is 3.92. The molecule has 1 heterocycles. The molecule has 3 nitrogen and oxygen atoms in total. The SMILES string of the molecule is CCn1c(-c2ccc(N)cc2)nc2cc(C(C)C)ccc21. The average Bonchev–Trinajstić information content (AvgIpc) is 2.85. The highest BCUT2D eigenvalue weighted by atomic mass is 15.1. The molecule has 0 aliphatic heterocycles. The van der Waals surface area contributed by atoms with Gasteiger partial charge in [0.05, 0.1) is 11.0 Å². The number of imidazole rings is 1. The molecule has 0 aliphatic rings. The van der Waals surface area contributed by atoms with Crippen molar-refractivity contribution in [3.8, 4) is 11.4 Å². The number of nitrogens with two attached hydrogens (primary N) is 1. The molecule has 2 aromatic carbocycles. The fourth-order valence-corrected chi connectivity index (χ4v) is 2.68. The molecule has 0 aliphatic carbocycles. The molecule has 0 unspecified atom stereocenters. The normalized spacial score (nSPS) is 11.4. The lowest BCUT2D eigenvalue weighted by atomic mass is 10.0. The first-order valence-corrected chi connectivity index (χ1v) is 7.46. The molecule has 0 radical (unpaired) electrons. The van der Waals surface area contributed by atoms with Crippen molar-refractivity contribution in [3.63, 3.8) is 0 Å². The lowest BCUT2D eigenvalue weighted by Crippen LogP contribution is -1.97. The van der Waals surface area contributed by atoms with Gasteiger partial charge in [0, 0.05) is 17.8 Å². The Balaban J connectivity index is 2.20. The lowest BCUT2D eigenvalue weighted by molar-refractivity contribution is 0.796. The minimum absolute atomic E-state index is 0.515.